The van der Waals surface area contributed by atoms with Gasteiger partial charge in [-0.1, -0.05) is 18.9 Å². The molecule has 0 aromatic heterocycles. The van der Waals surface area contributed by atoms with Gasteiger partial charge in [0.25, 0.3) is 6.43 Å². The van der Waals surface area contributed by atoms with E-state index in [1.165, 1.54) is 29.2 Å². The number of hydrogen-bond acceptors (Lipinski definition) is 5. The van der Waals surface area contributed by atoms with Crippen molar-refractivity contribution in [3.63, 3.8) is 0 Å². The largest absolute Gasteiger partial charge is 0.488 e. The van der Waals surface area contributed by atoms with Gasteiger partial charge < -0.3 is 9.64 Å². The van der Waals surface area contributed by atoms with Gasteiger partial charge in [0.05, 0.1) is 4.90 Å². The Morgan fingerprint density at radius 3 is 2.60 bits per heavy atom. The molecule has 1 saturated heterocycles. The summed E-state index contributed by atoms with van der Waals surface area (Å²) in [4.78, 5) is 24.0. The van der Waals surface area contributed by atoms with Crippen LogP contribution in [0.15, 0.2) is 29.2 Å². The van der Waals surface area contributed by atoms with Crippen LogP contribution in [-0.2, 0) is 14.8 Å². The van der Waals surface area contributed by atoms with Gasteiger partial charge in [-0.15, -0.1) is 0 Å². The lowest BCUT2D eigenvalue weighted by Gasteiger charge is -2.26. The van der Waals surface area contributed by atoms with Crippen molar-refractivity contribution in [1.29, 1.82) is 0 Å². The highest BCUT2D eigenvalue weighted by molar-refractivity contribution is 7.89. The summed E-state index contributed by atoms with van der Waals surface area (Å²) in [5.74, 6) is -0.250. The number of carbonyl (C=O) groups excluding carboxylic acids is 2. The first kappa shape index (κ1) is 24.0. The van der Waals surface area contributed by atoms with Crippen LogP contribution in [0.5, 0.6) is 5.75 Å². The van der Waals surface area contributed by atoms with E-state index in [4.69, 9.17) is 4.74 Å². The maximum Gasteiger partial charge on any atom is 0.324 e. The number of sulfonamides is 1. The van der Waals surface area contributed by atoms with Crippen LogP contribution < -0.4 is 14.8 Å². The standard InChI is InChI=1S/C19H27F2N3O5S/c1-19(2,9-4-3-5-10-24-12-17(25)22-18(24)26)23-30(27,28)15-8-6-7-14(11-15)29-13-16(20)21/h6-8,11,16,23H,3-5,9-10,12-13H2,1-2H3,(H,22,25,26). The molecule has 30 heavy (non-hydrogen) atoms. The van der Waals surface area contributed by atoms with E-state index in [1.807, 2.05) is 0 Å². The van der Waals surface area contributed by atoms with Gasteiger partial charge in [0.15, 0.2) is 0 Å². The van der Waals surface area contributed by atoms with Gasteiger partial charge in [-0.3, -0.25) is 10.1 Å². The molecule has 0 aliphatic carbocycles. The molecule has 0 saturated carbocycles. The molecule has 11 heteroatoms. The molecule has 1 aromatic carbocycles. The molecule has 1 aromatic rings. The Morgan fingerprint density at radius 1 is 1.23 bits per heavy atom. The van der Waals surface area contributed by atoms with Gasteiger partial charge in [0, 0.05) is 18.2 Å². The number of carbonyl (C=O) groups is 2. The van der Waals surface area contributed by atoms with Crippen LogP contribution in [0.3, 0.4) is 0 Å². The monoisotopic (exact) mass is 447 g/mol. The summed E-state index contributed by atoms with van der Waals surface area (Å²) in [7, 11) is -3.86. The summed E-state index contributed by atoms with van der Waals surface area (Å²) < 4.78 is 57.4. The molecule has 0 bridgehead atoms. The lowest BCUT2D eigenvalue weighted by atomic mass is 9.98. The number of benzene rings is 1. The summed E-state index contributed by atoms with van der Waals surface area (Å²) in [5.41, 5.74) is -0.736. The fraction of sp³-hybridized carbons (Fsp3) is 0.579. The van der Waals surface area contributed by atoms with Crippen LogP contribution in [0.25, 0.3) is 0 Å². The molecule has 0 spiro atoms. The number of hydrogen-bond donors (Lipinski definition) is 2. The average molecular weight is 448 g/mol. The first-order valence-corrected chi connectivity index (χ1v) is 11.1. The number of rotatable bonds is 12. The van der Waals surface area contributed by atoms with E-state index in [2.05, 4.69) is 10.0 Å². The molecule has 1 heterocycles. The lowest BCUT2D eigenvalue weighted by molar-refractivity contribution is -0.118. The van der Waals surface area contributed by atoms with E-state index in [0.717, 1.165) is 12.8 Å². The van der Waals surface area contributed by atoms with Gasteiger partial charge >= 0.3 is 6.03 Å². The molecule has 0 atom stereocenters. The van der Waals surface area contributed by atoms with Crippen molar-refractivity contribution in [2.75, 3.05) is 19.7 Å². The average Bonchev–Trinajstić information content (AvgIpc) is 2.96. The molecule has 1 aliphatic heterocycles. The minimum atomic E-state index is -3.86. The van der Waals surface area contributed by atoms with E-state index in [1.54, 1.807) is 13.8 Å². The molecule has 3 amide bonds. The summed E-state index contributed by atoms with van der Waals surface area (Å²) >= 11 is 0. The fourth-order valence-corrected chi connectivity index (χ4v) is 4.55. The van der Waals surface area contributed by atoms with Gasteiger partial charge in [-0.25, -0.2) is 26.7 Å². The smallest absolute Gasteiger partial charge is 0.324 e. The number of imide groups is 1. The van der Waals surface area contributed by atoms with Crippen molar-refractivity contribution in [3.8, 4) is 5.75 Å². The van der Waals surface area contributed by atoms with Crippen molar-refractivity contribution in [3.05, 3.63) is 24.3 Å². The Morgan fingerprint density at radius 2 is 1.97 bits per heavy atom. The zero-order valence-electron chi connectivity index (χ0n) is 17.0. The Kier molecular flexibility index (Phi) is 8.13. The quantitative estimate of drug-likeness (QED) is 0.378. The molecule has 1 fully saturated rings. The predicted molar refractivity (Wildman–Crippen MR) is 106 cm³/mol. The van der Waals surface area contributed by atoms with Gasteiger partial charge in [-0.05, 0) is 38.8 Å². The highest BCUT2D eigenvalue weighted by Crippen LogP contribution is 2.22. The number of nitrogens with one attached hydrogen (secondary N) is 2. The Bertz CT molecular complexity index is 861. The summed E-state index contributed by atoms with van der Waals surface area (Å²) in [5, 5.41) is 2.22. The van der Waals surface area contributed by atoms with Crippen LogP contribution in [0.4, 0.5) is 13.6 Å². The number of halogens is 2. The molecular formula is C19H27F2N3O5S. The fourth-order valence-electron chi connectivity index (χ4n) is 3.07. The minimum absolute atomic E-state index is 0.0559. The SMILES string of the molecule is CC(C)(CCCCCN1CC(=O)NC1=O)NS(=O)(=O)c1cccc(OCC(F)F)c1. The van der Waals surface area contributed by atoms with Gasteiger partial charge in [0.2, 0.25) is 15.9 Å². The second kappa shape index (κ2) is 10.2. The Hall–Kier alpha value is -2.27. The minimum Gasteiger partial charge on any atom is -0.488 e. The maximum absolute atomic E-state index is 12.7. The van der Waals surface area contributed by atoms with E-state index >= 15 is 0 Å². The predicted octanol–water partition coefficient (Wildman–Crippen LogP) is 2.50. The summed E-state index contributed by atoms with van der Waals surface area (Å²) in [6.07, 6.45) is 0.0883. The molecule has 0 radical (unpaired) electrons. The second-order valence-corrected chi connectivity index (χ2v) is 9.43. The van der Waals surface area contributed by atoms with Crippen LogP contribution in [0.2, 0.25) is 0 Å². The lowest BCUT2D eigenvalue weighted by Crippen LogP contribution is -2.43. The molecular weight excluding hydrogens is 420 g/mol. The van der Waals surface area contributed by atoms with Crippen molar-refractivity contribution in [2.24, 2.45) is 0 Å². The topological polar surface area (TPSA) is 105 Å². The summed E-state index contributed by atoms with van der Waals surface area (Å²) in [6, 6.07) is 5.05. The van der Waals surface area contributed by atoms with E-state index < -0.39 is 28.6 Å². The molecule has 1 aliphatic rings. The molecule has 168 valence electrons. The third-order valence-corrected chi connectivity index (χ3v) is 6.20. The number of urea groups is 1. The first-order valence-electron chi connectivity index (χ1n) is 9.62. The van der Waals surface area contributed by atoms with Crippen LogP contribution in [-0.4, -0.2) is 56.9 Å². The number of amides is 3. The van der Waals surface area contributed by atoms with Crippen LogP contribution >= 0.6 is 0 Å². The highest BCUT2D eigenvalue weighted by Gasteiger charge is 2.27. The zero-order chi connectivity index (χ0) is 22.4. The van der Waals surface area contributed by atoms with Crippen molar-refractivity contribution in [1.82, 2.24) is 14.9 Å². The van der Waals surface area contributed by atoms with Gasteiger partial charge in [0.1, 0.15) is 18.9 Å². The molecule has 2 rings (SSSR count). The Labute approximate surface area is 175 Å². The zero-order valence-corrected chi connectivity index (χ0v) is 17.8. The van der Waals surface area contributed by atoms with Crippen molar-refractivity contribution in [2.45, 2.75) is 56.4 Å². The number of unbranched alkanes of at least 4 members (excludes halogenated alkanes) is 2. The maximum atomic E-state index is 12.7. The van der Waals surface area contributed by atoms with E-state index in [9.17, 15) is 26.8 Å². The van der Waals surface area contributed by atoms with Crippen LogP contribution in [0, 0.1) is 0 Å². The van der Waals surface area contributed by atoms with Crippen LogP contribution in [0.1, 0.15) is 39.5 Å². The Balaban J connectivity index is 1.82. The van der Waals surface area contributed by atoms with E-state index in [-0.39, 0.29) is 29.1 Å². The summed E-state index contributed by atoms with van der Waals surface area (Å²) in [6.45, 7) is 3.25. The normalized spacial score (nSPS) is 15.0. The third-order valence-electron chi connectivity index (χ3n) is 4.50. The van der Waals surface area contributed by atoms with Crippen molar-refractivity contribution < 1.29 is 31.5 Å². The van der Waals surface area contributed by atoms with Crippen molar-refractivity contribution >= 4 is 22.0 Å². The number of nitrogens with zero attached hydrogens (tertiary/aromatic N) is 1. The van der Waals surface area contributed by atoms with E-state index in [0.29, 0.717) is 19.4 Å². The molecule has 2 N–H and O–H groups in total. The van der Waals surface area contributed by atoms with Gasteiger partial charge in [-0.2, -0.15) is 0 Å². The molecule has 8 nitrogen and oxygen atoms in total. The molecule has 0 unspecified atom stereocenters. The number of alkyl halides is 2. The second-order valence-electron chi connectivity index (χ2n) is 7.75. The number of ether oxygens (including phenoxy) is 1. The highest BCUT2D eigenvalue weighted by atomic mass is 32.2. The third kappa shape index (κ3) is 7.52. The first-order chi connectivity index (χ1) is 14.0.